The predicted molar refractivity (Wildman–Crippen MR) is 125 cm³/mol. The van der Waals surface area contributed by atoms with Gasteiger partial charge < -0.3 is 21.7 Å². The maximum Gasteiger partial charge on any atom is 0.416 e. The van der Waals surface area contributed by atoms with Gasteiger partial charge in [-0.1, -0.05) is 22.8 Å². The summed E-state index contributed by atoms with van der Waals surface area (Å²) < 4.78 is 39.1. The number of nitrogens with zero attached hydrogens (tertiary/aromatic N) is 4. The third-order valence-electron chi connectivity index (χ3n) is 4.50. The first-order valence-corrected chi connectivity index (χ1v) is 11.3. The fraction of sp³-hybridized carbons (Fsp3) is 0.316. The van der Waals surface area contributed by atoms with Crippen LogP contribution in [0.25, 0.3) is 0 Å². The molecule has 0 aliphatic carbocycles. The molecule has 0 spiro atoms. The standard InChI is InChI=1S/C19H21F3N10O3S/c1-36-16-12(9-23)14(29-18(25)30-16)28-13(6-3-7-26-17(24)31-32(34)35)15(33)27-11-5-2-4-10(8-11)19(20,21)22/h2,4-5,8,13H,3,6-7H2,1H3,(H,27,33)(H3,24,26,31)(H3,25,28,29,30)/p+1/t13-/m0/s1. The van der Waals surface area contributed by atoms with Crippen molar-refractivity contribution in [3.8, 4) is 6.07 Å². The number of aromatic amines is 1. The van der Waals surface area contributed by atoms with Crippen LogP contribution >= 0.6 is 11.8 Å². The van der Waals surface area contributed by atoms with Crippen molar-refractivity contribution in [2.75, 3.05) is 29.2 Å². The molecule has 13 nitrogen and oxygen atoms in total. The van der Waals surface area contributed by atoms with Crippen LogP contribution in [-0.2, 0) is 11.0 Å². The SMILES string of the molecule is CSc1[nH+]c(N)nc(N[C@@H](CCCN/C(N)=N/[N+](=O)[O-])C(=O)Nc2cccc(C(F)(F)F)c2)c1C#N. The highest BCUT2D eigenvalue weighted by Crippen LogP contribution is 2.31. The number of amides is 1. The van der Waals surface area contributed by atoms with Crippen molar-refractivity contribution in [1.82, 2.24) is 10.3 Å². The zero-order chi connectivity index (χ0) is 26.9. The summed E-state index contributed by atoms with van der Waals surface area (Å²) in [5.74, 6) is -1.21. The van der Waals surface area contributed by atoms with E-state index in [4.69, 9.17) is 11.5 Å². The van der Waals surface area contributed by atoms with Crippen LogP contribution < -0.4 is 32.4 Å². The summed E-state index contributed by atoms with van der Waals surface area (Å²) in [4.78, 5) is 30.1. The van der Waals surface area contributed by atoms with Crippen LogP contribution in [0.2, 0.25) is 0 Å². The first-order valence-electron chi connectivity index (χ1n) is 10.1. The molecule has 2 rings (SSSR count). The number of hydrazone groups is 1. The Bertz CT molecular complexity index is 1190. The van der Waals surface area contributed by atoms with Gasteiger partial charge in [0.05, 0.1) is 5.56 Å². The lowest BCUT2D eigenvalue weighted by Gasteiger charge is -2.19. The Balaban J connectivity index is 2.27. The number of halogens is 3. The summed E-state index contributed by atoms with van der Waals surface area (Å²) in [5.41, 5.74) is 10.2. The number of benzene rings is 1. The third-order valence-corrected chi connectivity index (χ3v) is 5.22. The molecule has 36 heavy (non-hydrogen) atoms. The topological polar surface area (TPSA) is 212 Å². The van der Waals surface area contributed by atoms with E-state index in [0.29, 0.717) is 5.03 Å². The molecule has 8 N–H and O–H groups in total. The van der Waals surface area contributed by atoms with Gasteiger partial charge in [-0.3, -0.25) is 10.5 Å². The lowest BCUT2D eigenvalue weighted by Crippen LogP contribution is -2.38. The van der Waals surface area contributed by atoms with Gasteiger partial charge in [0.15, 0.2) is 15.6 Å². The second-order valence-corrected chi connectivity index (χ2v) is 7.86. The van der Waals surface area contributed by atoms with Crippen molar-refractivity contribution in [2.24, 2.45) is 10.8 Å². The molecular formula is C19H22F3N10O3S+. The quantitative estimate of drug-likeness (QED) is 0.0569. The number of carbonyl (C=O) groups excluding carboxylic acids is 1. The van der Waals surface area contributed by atoms with Crippen LogP contribution in [0.4, 0.5) is 30.6 Å². The maximum atomic E-state index is 13.0. The summed E-state index contributed by atoms with van der Waals surface area (Å²) in [6, 6.07) is 4.96. The Kier molecular flexibility index (Phi) is 9.61. The van der Waals surface area contributed by atoms with E-state index in [1.807, 2.05) is 6.07 Å². The molecule has 1 aromatic heterocycles. The van der Waals surface area contributed by atoms with Gasteiger partial charge in [-0.2, -0.15) is 18.4 Å². The van der Waals surface area contributed by atoms with E-state index in [-0.39, 0.29) is 42.4 Å². The van der Waals surface area contributed by atoms with Crippen LogP contribution in [0, 0.1) is 21.4 Å². The summed E-state index contributed by atoms with van der Waals surface area (Å²) in [6.07, 6.45) is -2.64. The van der Waals surface area contributed by atoms with Gasteiger partial charge in [-0.05, 0) is 37.3 Å². The second-order valence-electron chi connectivity index (χ2n) is 7.05. The number of nitrogens with one attached hydrogen (secondary N) is 4. The molecule has 0 saturated heterocycles. The number of carbonyl (C=O) groups is 1. The average Bonchev–Trinajstić information content (AvgIpc) is 2.79. The van der Waals surface area contributed by atoms with Crippen LogP contribution in [0.3, 0.4) is 0 Å². The molecule has 192 valence electrons. The minimum absolute atomic E-state index is 0.00956. The normalized spacial score (nSPS) is 12.4. The molecule has 0 aliphatic rings. The Morgan fingerprint density at radius 2 is 2.17 bits per heavy atom. The number of aromatic nitrogens is 2. The fourth-order valence-corrected chi connectivity index (χ4v) is 3.49. The molecule has 17 heteroatoms. The molecule has 0 fully saturated rings. The molecule has 0 aliphatic heterocycles. The second kappa shape index (κ2) is 12.4. The first kappa shape index (κ1) is 27.9. The predicted octanol–water partition coefficient (Wildman–Crippen LogP) is 1.39. The summed E-state index contributed by atoms with van der Waals surface area (Å²) in [6.45, 7) is 0.0808. The molecule has 0 saturated carbocycles. The average molecular weight is 528 g/mol. The highest BCUT2D eigenvalue weighted by atomic mass is 32.2. The molecule has 1 amide bonds. The molecule has 1 heterocycles. The van der Waals surface area contributed by atoms with Gasteiger partial charge in [0, 0.05) is 12.2 Å². The third kappa shape index (κ3) is 8.16. The van der Waals surface area contributed by atoms with Gasteiger partial charge in [0.25, 0.3) is 5.96 Å². The van der Waals surface area contributed by atoms with Crippen LogP contribution in [0.15, 0.2) is 34.4 Å². The highest BCUT2D eigenvalue weighted by Gasteiger charge is 2.31. The van der Waals surface area contributed by atoms with Crippen LogP contribution in [-0.4, -0.2) is 40.7 Å². The Morgan fingerprint density at radius 3 is 2.78 bits per heavy atom. The van der Waals surface area contributed by atoms with E-state index < -0.39 is 34.7 Å². The van der Waals surface area contributed by atoms with Crippen molar-refractivity contribution in [2.45, 2.75) is 30.1 Å². The van der Waals surface area contributed by atoms with E-state index in [2.05, 4.69) is 31.0 Å². The van der Waals surface area contributed by atoms with Crippen LogP contribution in [0.5, 0.6) is 0 Å². The number of nitriles is 1. The van der Waals surface area contributed by atoms with Gasteiger partial charge in [-0.15, -0.1) is 0 Å². The molecule has 2 aromatic rings. The molecule has 0 unspecified atom stereocenters. The Morgan fingerprint density at radius 1 is 1.44 bits per heavy atom. The Labute approximate surface area is 206 Å². The zero-order valence-corrected chi connectivity index (χ0v) is 19.5. The number of nitrogens with two attached hydrogens (primary N) is 2. The number of H-pyrrole nitrogens is 1. The molecule has 1 atom stereocenters. The molecular weight excluding hydrogens is 505 g/mol. The summed E-state index contributed by atoms with van der Waals surface area (Å²) in [5, 5.41) is 29.9. The lowest BCUT2D eigenvalue weighted by atomic mass is 10.1. The monoisotopic (exact) mass is 527 g/mol. The molecule has 1 aromatic carbocycles. The van der Waals surface area contributed by atoms with E-state index in [1.54, 1.807) is 6.26 Å². The number of rotatable bonds is 10. The zero-order valence-electron chi connectivity index (χ0n) is 18.7. The van der Waals surface area contributed by atoms with Crippen molar-refractivity contribution in [1.29, 1.82) is 5.26 Å². The first-order chi connectivity index (χ1) is 16.9. The molecule has 0 bridgehead atoms. The number of nitrogen functional groups attached to an aromatic ring is 1. The van der Waals surface area contributed by atoms with E-state index in [9.17, 15) is 33.3 Å². The van der Waals surface area contributed by atoms with Crippen molar-refractivity contribution in [3.63, 3.8) is 0 Å². The van der Waals surface area contributed by atoms with Crippen molar-refractivity contribution in [3.05, 3.63) is 45.5 Å². The smallest absolute Gasteiger partial charge is 0.365 e. The summed E-state index contributed by atoms with van der Waals surface area (Å²) >= 11 is 1.18. The lowest BCUT2D eigenvalue weighted by molar-refractivity contribution is -0.485. The van der Waals surface area contributed by atoms with Gasteiger partial charge in [0.1, 0.15) is 17.2 Å². The minimum atomic E-state index is -4.60. The van der Waals surface area contributed by atoms with Crippen LogP contribution in [0.1, 0.15) is 24.0 Å². The highest BCUT2D eigenvalue weighted by molar-refractivity contribution is 7.98. The van der Waals surface area contributed by atoms with E-state index >= 15 is 0 Å². The number of alkyl halides is 3. The minimum Gasteiger partial charge on any atom is -0.365 e. The van der Waals surface area contributed by atoms with E-state index in [1.165, 1.54) is 17.8 Å². The number of anilines is 3. The Hall–Kier alpha value is -4.33. The number of guanidine groups is 1. The van der Waals surface area contributed by atoms with Gasteiger partial charge >= 0.3 is 12.1 Å². The number of hydrogen-bond acceptors (Lipinski definition) is 8. The van der Waals surface area contributed by atoms with E-state index in [0.717, 1.165) is 18.2 Å². The summed E-state index contributed by atoms with van der Waals surface area (Å²) in [7, 11) is 0. The van der Waals surface area contributed by atoms with Crippen molar-refractivity contribution < 1.29 is 28.0 Å². The van der Waals surface area contributed by atoms with Gasteiger partial charge in [-0.25, -0.2) is 15.1 Å². The van der Waals surface area contributed by atoms with Gasteiger partial charge in [0.2, 0.25) is 11.7 Å². The number of nitro groups is 1. The number of thioether (sulfide) groups is 1. The number of hydrogen-bond donors (Lipinski definition) is 5. The largest absolute Gasteiger partial charge is 0.416 e. The molecule has 0 radical (unpaired) electrons. The maximum absolute atomic E-state index is 13.0. The fourth-order valence-electron chi connectivity index (χ4n) is 2.93. The van der Waals surface area contributed by atoms with Crippen molar-refractivity contribution >= 4 is 41.1 Å².